The molecule has 1 aromatic rings. The van der Waals surface area contributed by atoms with E-state index in [1.807, 2.05) is 30.3 Å². The first kappa shape index (κ1) is 23.0. The minimum Gasteiger partial charge on any atom is -0.479 e. The second kappa shape index (κ2) is 8.11. The Balaban J connectivity index is 1.84. The molecule has 2 amide bonds. The van der Waals surface area contributed by atoms with Gasteiger partial charge in [0.1, 0.15) is 11.4 Å². The lowest BCUT2D eigenvalue weighted by molar-refractivity contribution is -0.172. The van der Waals surface area contributed by atoms with Crippen LogP contribution in [0.2, 0.25) is 0 Å². The van der Waals surface area contributed by atoms with Crippen LogP contribution in [0.15, 0.2) is 30.3 Å². The van der Waals surface area contributed by atoms with Gasteiger partial charge in [-0.2, -0.15) is 0 Å². The van der Waals surface area contributed by atoms with Crippen molar-refractivity contribution in [1.82, 2.24) is 10.2 Å². The number of carbonyl (C=O) groups excluding carboxylic acids is 2. The number of amides is 2. The van der Waals surface area contributed by atoms with Gasteiger partial charge in [-0.15, -0.1) is 11.8 Å². The number of fused-ring (bicyclic) bond motifs is 1. The van der Waals surface area contributed by atoms with Crippen LogP contribution in [0.1, 0.15) is 18.9 Å². The van der Waals surface area contributed by atoms with Gasteiger partial charge in [-0.05, 0) is 12.5 Å². The molecule has 3 unspecified atom stereocenters. The van der Waals surface area contributed by atoms with Gasteiger partial charge in [-0.1, -0.05) is 81.1 Å². The van der Waals surface area contributed by atoms with Crippen molar-refractivity contribution in [2.75, 3.05) is 5.33 Å². The Morgan fingerprint density at radius 2 is 1.93 bits per heavy atom. The Labute approximate surface area is 195 Å². The highest BCUT2D eigenvalue weighted by molar-refractivity contribution is 9.09. The number of carboxylic acids is 1. The number of carboxylic acid groups (broad SMARTS) is 1. The van der Waals surface area contributed by atoms with Crippen molar-refractivity contribution in [3.05, 3.63) is 35.9 Å². The van der Waals surface area contributed by atoms with Crippen LogP contribution >= 0.6 is 62.5 Å². The van der Waals surface area contributed by atoms with E-state index in [1.165, 1.54) is 16.7 Å². The Kier molecular flexibility index (Phi) is 6.43. The van der Waals surface area contributed by atoms with Crippen molar-refractivity contribution in [2.45, 2.75) is 45.3 Å². The van der Waals surface area contributed by atoms with E-state index in [9.17, 15) is 19.5 Å². The minimum atomic E-state index is -1.88. The first-order valence-electron chi connectivity index (χ1n) is 8.65. The van der Waals surface area contributed by atoms with Gasteiger partial charge < -0.3 is 15.3 Å². The van der Waals surface area contributed by atoms with E-state index >= 15 is 0 Å². The third-order valence-corrected chi connectivity index (χ3v) is 8.92. The van der Waals surface area contributed by atoms with Gasteiger partial charge in [0, 0.05) is 11.8 Å². The highest BCUT2D eigenvalue weighted by atomic mass is 79.9. The van der Waals surface area contributed by atoms with E-state index in [2.05, 4.69) is 21.2 Å². The van der Waals surface area contributed by atoms with Crippen LogP contribution in [-0.2, 0) is 20.8 Å². The zero-order chi connectivity index (χ0) is 21.6. The minimum absolute atomic E-state index is 0.121. The zero-order valence-corrected chi connectivity index (χ0v) is 19.9. The lowest BCUT2D eigenvalue weighted by Crippen LogP contribution is -2.76. The molecule has 0 aromatic heterocycles. The Hall–Kier alpha value is -0.670. The molecule has 6 nitrogen and oxygen atoms in total. The highest BCUT2D eigenvalue weighted by Gasteiger charge is 2.75. The molecule has 158 valence electrons. The third-order valence-electron chi connectivity index (χ3n) is 5.30. The van der Waals surface area contributed by atoms with Crippen molar-refractivity contribution in [2.24, 2.45) is 0 Å². The summed E-state index contributed by atoms with van der Waals surface area (Å²) in [4.78, 5) is 39.0. The molecule has 2 heterocycles. The van der Waals surface area contributed by atoms with E-state index in [1.54, 1.807) is 6.92 Å². The maximum absolute atomic E-state index is 12.9. The maximum atomic E-state index is 12.9. The molecule has 0 bridgehead atoms. The van der Waals surface area contributed by atoms with E-state index in [0.717, 1.165) is 5.56 Å². The lowest BCUT2D eigenvalue weighted by Gasteiger charge is -2.50. The van der Waals surface area contributed by atoms with E-state index in [0.29, 0.717) is 0 Å². The largest absolute Gasteiger partial charge is 0.479 e. The molecular weight excluding hydrogens is 527 g/mol. The van der Waals surface area contributed by atoms with Crippen molar-refractivity contribution >= 4 is 80.3 Å². The fourth-order valence-corrected chi connectivity index (χ4v) is 7.06. The Morgan fingerprint density at radius 3 is 2.45 bits per heavy atom. The van der Waals surface area contributed by atoms with Crippen molar-refractivity contribution < 1.29 is 19.5 Å². The fraction of sp³-hybridized carbons (Fsp3) is 0.500. The Bertz CT molecular complexity index is 840. The standard InChI is InChI=1S/C18H18BrCl3N2O4S/c1-16(9-19)17(15(27)28,8-18(20,21)22)24-13(26)12(14(24)29-16)23-11(25)7-10-5-3-2-4-6-10/h2-6,12,14H,7-9H2,1H3,(H,23,25)(H,27,28)/t12?,14-,16?,17?/m1/s1. The molecule has 11 heteroatoms. The van der Waals surface area contributed by atoms with E-state index in [-0.39, 0.29) is 24.1 Å². The van der Waals surface area contributed by atoms with Gasteiger partial charge in [0.15, 0.2) is 9.33 Å². The zero-order valence-electron chi connectivity index (χ0n) is 15.2. The molecule has 2 fully saturated rings. The third kappa shape index (κ3) is 3.99. The molecule has 2 aliphatic rings. The fourth-order valence-electron chi connectivity index (χ4n) is 3.86. The summed E-state index contributed by atoms with van der Waals surface area (Å²) in [7, 11) is 0. The van der Waals surface area contributed by atoms with Gasteiger partial charge in [0.05, 0.1) is 11.2 Å². The smallest absolute Gasteiger partial charge is 0.331 e. The van der Waals surface area contributed by atoms with Gasteiger partial charge >= 0.3 is 5.97 Å². The molecule has 4 atom stereocenters. The number of hydrogen-bond acceptors (Lipinski definition) is 4. The summed E-state index contributed by atoms with van der Waals surface area (Å²) in [6.45, 7) is 1.71. The summed E-state index contributed by atoms with van der Waals surface area (Å²) in [5.74, 6) is -2.06. The predicted molar refractivity (Wildman–Crippen MR) is 118 cm³/mol. The van der Waals surface area contributed by atoms with E-state index < -0.39 is 37.4 Å². The summed E-state index contributed by atoms with van der Waals surface area (Å²) in [6.07, 6.45) is -0.252. The Morgan fingerprint density at radius 1 is 1.31 bits per heavy atom. The molecular formula is C18H18BrCl3N2O4S. The first-order valence-corrected chi connectivity index (χ1v) is 11.8. The molecule has 2 aliphatic heterocycles. The van der Waals surface area contributed by atoms with Crippen LogP contribution in [0, 0.1) is 0 Å². The van der Waals surface area contributed by atoms with Crippen LogP contribution in [0.5, 0.6) is 0 Å². The van der Waals surface area contributed by atoms with Crippen LogP contribution in [0.3, 0.4) is 0 Å². The molecule has 2 N–H and O–H groups in total. The number of hydrogen-bond donors (Lipinski definition) is 2. The number of alkyl halides is 4. The summed E-state index contributed by atoms with van der Waals surface area (Å²) in [6, 6.07) is 8.30. The second-order valence-corrected chi connectivity index (χ2v) is 11.9. The molecule has 0 spiro atoms. The number of halogens is 4. The predicted octanol–water partition coefficient (Wildman–Crippen LogP) is 3.37. The van der Waals surface area contributed by atoms with Crippen LogP contribution in [-0.4, -0.2) is 58.6 Å². The molecule has 2 saturated heterocycles. The number of nitrogens with one attached hydrogen (secondary N) is 1. The number of benzene rings is 1. The monoisotopic (exact) mass is 542 g/mol. The number of nitrogens with zero attached hydrogens (tertiary/aromatic N) is 1. The highest BCUT2D eigenvalue weighted by Crippen LogP contribution is 2.61. The average molecular weight is 545 g/mol. The summed E-state index contributed by atoms with van der Waals surface area (Å²) >= 11 is 22.5. The summed E-state index contributed by atoms with van der Waals surface area (Å²) in [5.41, 5.74) is -0.913. The molecule has 0 saturated carbocycles. The SMILES string of the molecule is CC1(CBr)S[C@@H]2C(NC(=O)Cc3ccccc3)C(=O)N2C1(CC(Cl)(Cl)Cl)C(=O)O. The van der Waals surface area contributed by atoms with Crippen molar-refractivity contribution in [3.8, 4) is 0 Å². The lowest BCUT2D eigenvalue weighted by atomic mass is 9.78. The number of rotatable bonds is 6. The van der Waals surface area contributed by atoms with Crippen LogP contribution < -0.4 is 5.32 Å². The van der Waals surface area contributed by atoms with Gasteiger partial charge in [-0.25, -0.2) is 4.79 Å². The van der Waals surface area contributed by atoms with Crippen LogP contribution in [0.25, 0.3) is 0 Å². The molecule has 1 aromatic carbocycles. The van der Waals surface area contributed by atoms with Gasteiger partial charge in [0.2, 0.25) is 11.8 Å². The average Bonchev–Trinajstić information content (AvgIpc) is 2.86. The number of β-lactam (4-membered cyclic amide) rings is 1. The van der Waals surface area contributed by atoms with Crippen molar-refractivity contribution in [3.63, 3.8) is 0 Å². The number of aliphatic carboxylic acids is 1. The van der Waals surface area contributed by atoms with E-state index in [4.69, 9.17) is 34.8 Å². The summed E-state index contributed by atoms with van der Waals surface area (Å²) in [5, 5.41) is 12.5. The number of carbonyl (C=O) groups is 3. The summed E-state index contributed by atoms with van der Waals surface area (Å²) < 4.78 is -2.85. The van der Waals surface area contributed by atoms with Gasteiger partial charge in [0.25, 0.3) is 0 Å². The molecule has 0 aliphatic carbocycles. The quantitative estimate of drug-likeness (QED) is 0.424. The molecule has 3 rings (SSSR count). The van der Waals surface area contributed by atoms with Gasteiger partial charge in [-0.3, -0.25) is 9.59 Å². The van der Waals surface area contributed by atoms with Crippen molar-refractivity contribution in [1.29, 1.82) is 0 Å². The molecule has 0 radical (unpaired) electrons. The second-order valence-electron chi connectivity index (χ2n) is 7.25. The normalized spacial score (nSPS) is 31.2. The molecule has 29 heavy (non-hydrogen) atoms. The number of thioether (sulfide) groups is 1. The topological polar surface area (TPSA) is 86.7 Å². The first-order chi connectivity index (χ1) is 13.4. The maximum Gasteiger partial charge on any atom is 0.331 e. The van der Waals surface area contributed by atoms with Crippen LogP contribution in [0.4, 0.5) is 0 Å².